The minimum atomic E-state index is -1.21. The third-order valence-corrected chi connectivity index (χ3v) is 6.75. The zero-order chi connectivity index (χ0) is 21.6. The number of halogens is 2. The molecule has 0 bridgehead atoms. The number of carbonyl (C=O) groups is 3. The smallest absolute Gasteiger partial charge is 0.314 e. The predicted octanol–water partition coefficient (Wildman–Crippen LogP) is 1.85. The number of nitrogens with two attached hydrogens (primary N) is 1. The lowest BCUT2D eigenvalue weighted by Crippen LogP contribution is -2.82. The van der Waals surface area contributed by atoms with Gasteiger partial charge in [0.1, 0.15) is 6.54 Å². The van der Waals surface area contributed by atoms with E-state index in [9.17, 15) is 23.2 Å². The molecule has 2 saturated heterocycles. The summed E-state index contributed by atoms with van der Waals surface area (Å²) in [5.74, 6) is -1.84. The molecule has 9 heteroatoms. The first-order chi connectivity index (χ1) is 14.2. The van der Waals surface area contributed by atoms with Gasteiger partial charge in [0.15, 0.2) is 17.2 Å². The minimum Gasteiger partial charge on any atom is -0.351 e. The number of rotatable bonds is 3. The summed E-state index contributed by atoms with van der Waals surface area (Å²) < 4.78 is 27.0. The SMILES string of the molecule is CC1CCC(N2CC(=O)N(Cc3ccc(F)c(F)c3)C3(CN(C(N)=O)C3)C2=O)CC1. The predicted molar refractivity (Wildman–Crippen MR) is 104 cm³/mol. The van der Waals surface area contributed by atoms with Crippen LogP contribution >= 0.6 is 0 Å². The zero-order valence-electron chi connectivity index (χ0n) is 16.9. The lowest BCUT2D eigenvalue weighted by Gasteiger charge is -2.58. The Balaban J connectivity index is 1.61. The molecule has 30 heavy (non-hydrogen) atoms. The van der Waals surface area contributed by atoms with Gasteiger partial charge in [0, 0.05) is 12.6 Å². The number of hydrogen-bond donors (Lipinski definition) is 1. The van der Waals surface area contributed by atoms with Crippen molar-refractivity contribution in [3.8, 4) is 0 Å². The van der Waals surface area contributed by atoms with E-state index in [0.29, 0.717) is 11.5 Å². The highest BCUT2D eigenvalue weighted by molar-refractivity contribution is 6.00. The van der Waals surface area contributed by atoms with E-state index >= 15 is 0 Å². The van der Waals surface area contributed by atoms with Crippen LogP contribution in [0.1, 0.15) is 38.2 Å². The molecule has 0 aromatic heterocycles. The number of amides is 4. The fourth-order valence-corrected chi connectivity index (χ4v) is 4.88. The van der Waals surface area contributed by atoms with Crippen LogP contribution in [-0.4, -0.2) is 63.8 Å². The first-order valence-corrected chi connectivity index (χ1v) is 10.3. The molecule has 7 nitrogen and oxygen atoms in total. The lowest BCUT2D eigenvalue weighted by molar-refractivity contribution is -0.179. The van der Waals surface area contributed by atoms with Crippen molar-refractivity contribution in [1.82, 2.24) is 14.7 Å². The van der Waals surface area contributed by atoms with Crippen molar-refractivity contribution in [2.24, 2.45) is 11.7 Å². The van der Waals surface area contributed by atoms with Crippen LogP contribution in [0.5, 0.6) is 0 Å². The second kappa shape index (κ2) is 7.52. The van der Waals surface area contributed by atoms with Crippen LogP contribution in [-0.2, 0) is 16.1 Å². The fourth-order valence-electron chi connectivity index (χ4n) is 4.88. The van der Waals surface area contributed by atoms with Crippen LogP contribution < -0.4 is 5.73 Å². The first kappa shape index (κ1) is 20.6. The van der Waals surface area contributed by atoms with Crippen molar-refractivity contribution in [3.63, 3.8) is 0 Å². The monoisotopic (exact) mass is 420 g/mol. The van der Waals surface area contributed by atoms with Gasteiger partial charge in [-0.05, 0) is 49.3 Å². The van der Waals surface area contributed by atoms with Crippen LogP contribution in [0.3, 0.4) is 0 Å². The second-order valence-electron chi connectivity index (χ2n) is 8.80. The average molecular weight is 420 g/mol. The Morgan fingerprint density at radius 2 is 1.80 bits per heavy atom. The number of piperazine rings is 1. The maximum absolute atomic E-state index is 13.7. The highest BCUT2D eigenvalue weighted by atomic mass is 19.2. The van der Waals surface area contributed by atoms with Gasteiger partial charge in [-0.3, -0.25) is 9.59 Å². The number of carbonyl (C=O) groups excluding carboxylic acids is 3. The summed E-state index contributed by atoms with van der Waals surface area (Å²) in [5.41, 5.74) is 4.53. The van der Waals surface area contributed by atoms with Gasteiger partial charge >= 0.3 is 6.03 Å². The summed E-state index contributed by atoms with van der Waals surface area (Å²) in [5, 5.41) is 0. The molecule has 2 heterocycles. The van der Waals surface area contributed by atoms with Crippen molar-refractivity contribution < 1.29 is 23.2 Å². The van der Waals surface area contributed by atoms with Gasteiger partial charge in [0.05, 0.1) is 13.1 Å². The highest BCUT2D eigenvalue weighted by Crippen LogP contribution is 2.38. The second-order valence-corrected chi connectivity index (χ2v) is 8.80. The Hall–Kier alpha value is -2.71. The summed E-state index contributed by atoms with van der Waals surface area (Å²) >= 11 is 0. The molecule has 1 spiro atoms. The summed E-state index contributed by atoms with van der Waals surface area (Å²) in [6.07, 6.45) is 3.70. The van der Waals surface area contributed by atoms with Crippen LogP contribution in [0.2, 0.25) is 0 Å². The van der Waals surface area contributed by atoms with Crippen LogP contribution in [0.4, 0.5) is 13.6 Å². The van der Waals surface area contributed by atoms with E-state index in [-0.39, 0.29) is 44.0 Å². The minimum absolute atomic E-state index is 0.00238. The molecule has 2 N–H and O–H groups in total. The van der Waals surface area contributed by atoms with E-state index in [0.717, 1.165) is 37.8 Å². The Labute approximate surface area is 173 Å². The van der Waals surface area contributed by atoms with Crippen LogP contribution in [0.15, 0.2) is 18.2 Å². The molecule has 2 aliphatic heterocycles. The maximum Gasteiger partial charge on any atom is 0.314 e. The van der Waals surface area contributed by atoms with Crippen molar-refractivity contribution in [2.45, 2.75) is 50.7 Å². The fraction of sp³-hybridized carbons (Fsp3) is 0.571. The number of hydrogen-bond acceptors (Lipinski definition) is 3. The molecule has 0 unspecified atom stereocenters. The standard InChI is InChI=1S/C21H26F2N4O3/c1-13-2-5-15(6-3-13)26-10-18(28)27(9-14-4-7-16(22)17(23)8-14)21(19(26)29)11-25(12-21)20(24)30/h4,7-8,13,15H,2-3,5-6,9-12H2,1H3,(H2,24,30). The number of benzene rings is 1. The highest BCUT2D eigenvalue weighted by Gasteiger charge is 2.61. The van der Waals surface area contributed by atoms with Gasteiger partial charge in [-0.2, -0.15) is 0 Å². The van der Waals surface area contributed by atoms with E-state index in [1.54, 1.807) is 4.90 Å². The van der Waals surface area contributed by atoms with E-state index in [2.05, 4.69) is 6.92 Å². The summed E-state index contributed by atoms with van der Waals surface area (Å²) in [7, 11) is 0. The van der Waals surface area contributed by atoms with E-state index in [1.165, 1.54) is 15.9 Å². The Morgan fingerprint density at radius 1 is 1.13 bits per heavy atom. The zero-order valence-corrected chi connectivity index (χ0v) is 16.9. The molecule has 1 aromatic carbocycles. The van der Waals surface area contributed by atoms with E-state index in [4.69, 9.17) is 5.73 Å². The van der Waals surface area contributed by atoms with Gasteiger partial charge in [0.2, 0.25) is 5.91 Å². The number of likely N-dealkylation sites (tertiary alicyclic amines) is 1. The molecule has 0 atom stereocenters. The largest absolute Gasteiger partial charge is 0.351 e. The average Bonchev–Trinajstić information content (AvgIpc) is 2.66. The van der Waals surface area contributed by atoms with Gasteiger partial charge < -0.3 is 20.4 Å². The Bertz CT molecular complexity index is 879. The molecule has 1 saturated carbocycles. The molecule has 4 amide bonds. The third kappa shape index (κ3) is 3.40. The lowest BCUT2D eigenvalue weighted by atomic mass is 9.80. The molecule has 1 aliphatic carbocycles. The summed E-state index contributed by atoms with van der Waals surface area (Å²) in [6, 6.07) is 2.77. The third-order valence-electron chi connectivity index (χ3n) is 6.75. The van der Waals surface area contributed by atoms with Crippen LogP contribution in [0, 0.1) is 17.6 Å². The first-order valence-electron chi connectivity index (χ1n) is 10.3. The molecular formula is C21H26F2N4O3. The van der Waals surface area contributed by atoms with Gasteiger partial charge in [-0.15, -0.1) is 0 Å². The molecule has 1 aromatic rings. The molecule has 4 rings (SSSR count). The Kier molecular flexibility index (Phi) is 5.15. The van der Waals surface area contributed by atoms with Gasteiger partial charge in [-0.25, -0.2) is 13.6 Å². The van der Waals surface area contributed by atoms with Gasteiger partial charge in [0.25, 0.3) is 5.91 Å². The topological polar surface area (TPSA) is 86.9 Å². The maximum atomic E-state index is 13.7. The van der Waals surface area contributed by atoms with Crippen LogP contribution in [0.25, 0.3) is 0 Å². The normalized spacial score (nSPS) is 26.2. The molecule has 0 radical (unpaired) electrons. The number of primary amides is 1. The molecule has 3 aliphatic rings. The van der Waals surface area contributed by atoms with Crippen molar-refractivity contribution in [3.05, 3.63) is 35.4 Å². The summed E-state index contributed by atoms with van der Waals surface area (Å²) in [4.78, 5) is 42.7. The Morgan fingerprint density at radius 3 is 2.40 bits per heavy atom. The number of nitrogens with zero attached hydrogens (tertiary/aromatic N) is 3. The number of urea groups is 1. The molecule has 3 fully saturated rings. The molecular weight excluding hydrogens is 394 g/mol. The van der Waals surface area contributed by atoms with Gasteiger partial charge in [-0.1, -0.05) is 13.0 Å². The van der Waals surface area contributed by atoms with E-state index in [1.807, 2.05) is 0 Å². The van der Waals surface area contributed by atoms with Crippen molar-refractivity contribution in [1.29, 1.82) is 0 Å². The quantitative estimate of drug-likeness (QED) is 0.810. The molecule has 162 valence electrons. The van der Waals surface area contributed by atoms with Crippen molar-refractivity contribution >= 4 is 17.8 Å². The summed E-state index contributed by atoms with van der Waals surface area (Å²) in [6.45, 7) is 2.12. The van der Waals surface area contributed by atoms with Crippen molar-refractivity contribution in [2.75, 3.05) is 19.6 Å². The van der Waals surface area contributed by atoms with E-state index < -0.39 is 23.2 Å².